The number of hydrogen-bond donors (Lipinski definition) is 1. The molecule has 3 aromatic carbocycles. The van der Waals surface area contributed by atoms with Crippen molar-refractivity contribution in [1.82, 2.24) is 0 Å². The van der Waals surface area contributed by atoms with Gasteiger partial charge in [-0.2, -0.15) is 0 Å². The summed E-state index contributed by atoms with van der Waals surface area (Å²) in [7, 11) is 0. The number of hydrogen-bond acceptors (Lipinski definition) is 1. The van der Waals surface area contributed by atoms with Crippen molar-refractivity contribution in [3.63, 3.8) is 0 Å². The summed E-state index contributed by atoms with van der Waals surface area (Å²) >= 11 is 3.36. The highest BCUT2D eigenvalue weighted by molar-refractivity contribution is 9.10. The highest BCUT2D eigenvalue weighted by Crippen LogP contribution is 2.23. The van der Waals surface area contributed by atoms with Crippen molar-refractivity contribution in [2.45, 2.75) is 0 Å². The number of halogens is 2. The molecule has 3 aromatic rings. The summed E-state index contributed by atoms with van der Waals surface area (Å²) in [5, 5.41) is 9.37. The predicted molar refractivity (Wildman–Crippen MR) is 98.9 cm³/mol. The van der Waals surface area contributed by atoms with Gasteiger partial charge >= 0.3 is 5.97 Å². The Hall–Kier alpha value is -2.90. The van der Waals surface area contributed by atoms with Gasteiger partial charge in [-0.05, 0) is 59.7 Å². The van der Waals surface area contributed by atoms with Crippen molar-refractivity contribution in [3.8, 4) is 23.0 Å². The number of carboxylic acids is 1. The van der Waals surface area contributed by atoms with Gasteiger partial charge in [0.1, 0.15) is 5.82 Å². The number of benzene rings is 3. The average molecular weight is 395 g/mol. The first kappa shape index (κ1) is 16.9. The maximum Gasteiger partial charge on any atom is 0.336 e. The standard InChI is InChI=1S/C21H12BrFO2/c22-18-8-2-14(3-9-18)1-4-17-13-16(7-12-20(17)21(24)25)15-5-10-19(23)11-6-15/h2-3,5-13H,(H,24,25). The molecule has 0 bridgehead atoms. The summed E-state index contributed by atoms with van der Waals surface area (Å²) in [4.78, 5) is 11.4. The van der Waals surface area contributed by atoms with Crippen LogP contribution in [0.2, 0.25) is 0 Å². The predicted octanol–water partition coefficient (Wildman–Crippen LogP) is 5.35. The van der Waals surface area contributed by atoms with Crippen LogP contribution < -0.4 is 0 Å². The molecule has 0 spiro atoms. The summed E-state index contributed by atoms with van der Waals surface area (Å²) in [6, 6.07) is 18.4. The molecule has 1 N–H and O–H groups in total. The lowest BCUT2D eigenvalue weighted by Gasteiger charge is -2.05. The zero-order valence-corrected chi connectivity index (χ0v) is 14.5. The molecule has 122 valence electrons. The van der Waals surface area contributed by atoms with E-state index in [-0.39, 0.29) is 11.4 Å². The Labute approximate surface area is 153 Å². The van der Waals surface area contributed by atoms with Gasteiger partial charge in [0, 0.05) is 15.6 Å². The molecule has 0 aliphatic heterocycles. The third-order valence-corrected chi connectivity index (χ3v) is 4.14. The number of carboxylic acid groups (broad SMARTS) is 1. The minimum absolute atomic E-state index is 0.135. The Balaban J connectivity index is 2.04. The Morgan fingerprint density at radius 3 is 2.16 bits per heavy atom. The molecule has 0 fully saturated rings. The molecule has 3 rings (SSSR count). The topological polar surface area (TPSA) is 37.3 Å². The van der Waals surface area contributed by atoms with E-state index in [4.69, 9.17) is 0 Å². The first-order valence-electron chi connectivity index (χ1n) is 7.44. The number of carbonyl (C=O) groups is 1. The molecule has 0 aliphatic rings. The Morgan fingerprint density at radius 2 is 1.52 bits per heavy atom. The number of rotatable bonds is 2. The van der Waals surface area contributed by atoms with Crippen LogP contribution >= 0.6 is 15.9 Å². The molecule has 4 heteroatoms. The molecule has 25 heavy (non-hydrogen) atoms. The van der Waals surface area contributed by atoms with Crippen molar-refractivity contribution in [2.75, 3.05) is 0 Å². The van der Waals surface area contributed by atoms with Gasteiger partial charge in [0.05, 0.1) is 5.56 Å². The van der Waals surface area contributed by atoms with Crippen LogP contribution in [-0.4, -0.2) is 11.1 Å². The maximum atomic E-state index is 13.1. The molecule has 0 unspecified atom stereocenters. The third-order valence-electron chi connectivity index (χ3n) is 3.61. The highest BCUT2D eigenvalue weighted by atomic mass is 79.9. The van der Waals surface area contributed by atoms with Crippen LogP contribution in [0.5, 0.6) is 0 Å². The van der Waals surface area contributed by atoms with Crippen LogP contribution in [0.3, 0.4) is 0 Å². The SMILES string of the molecule is O=C(O)c1ccc(-c2ccc(F)cc2)cc1C#Cc1ccc(Br)cc1. The van der Waals surface area contributed by atoms with Gasteiger partial charge in [-0.1, -0.05) is 46.0 Å². The Morgan fingerprint density at radius 1 is 0.880 bits per heavy atom. The smallest absolute Gasteiger partial charge is 0.336 e. The largest absolute Gasteiger partial charge is 0.478 e. The van der Waals surface area contributed by atoms with Crippen molar-refractivity contribution in [1.29, 1.82) is 0 Å². The van der Waals surface area contributed by atoms with Crippen LogP contribution in [0.25, 0.3) is 11.1 Å². The molecule has 0 atom stereocenters. The quantitative estimate of drug-likeness (QED) is 0.594. The molecule has 0 amide bonds. The first-order chi connectivity index (χ1) is 12.0. The lowest BCUT2D eigenvalue weighted by molar-refractivity contribution is 0.0696. The van der Waals surface area contributed by atoms with E-state index in [0.29, 0.717) is 5.56 Å². The summed E-state index contributed by atoms with van der Waals surface area (Å²) in [5.74, 6) is 4.55. The lowest BCUT2D eigenvalue weighted by Crippen LogP contribution is -2.00. The lowest BCUT2D eigenvalue weighted by atomic mass is 9.99. The van der Waals surface area contributed by atoms with E-state index in [9.17, 15) is 14.3 Å². The fourth-order valence-electron chi connectivity index (χ4n) is 2.33. The Kier molecular flexibility index (Phi) is 4.97. The fraction of sp³-hybridized carbons (Fsp3) is 0. The van der Waals surface area contributed by atoms with Gasteiger partial charge < -0.3 is 5.11 Å². The van der Waals surface area contributed by atoms with E-state index in [2.05, 4.69) is 27.8 Å². The monoisotopic (exact) mass is 394 g/mol. The van der Waals surface area contributed by atoms with E-state index in [1.807, 2.05) is 24.3 Å². The molecule has 2 nitrogen and oxygen atoms in total. The molecular weight excluding hydrogens is 383 g/mol. The molecular formula is C21H12BrFO2. The summed E-state index contributed by atoms with van der Waals surface area (Å²) in [6.07, 6.45) is 0. The first-order valence-corrected chi connectivity index (χ1v) is 8.23. The van der Waals surface area contributed by atoms with Gasteiger partial charge in [-0.25, -0.2) is 9.18 Å². The summed E-state index contributed by atoms with van der Waals surface area (Å²) in [5.41, 5.74) is 2.91. The second-order valence-electron chi connectivity index (χ2n) is 5.33. The summed E-state index contributed by atoms with van der Waals surface area (Å²) < 4.78 is 14.0. The molecule has 0 saturated heterocycles. The van der Waals surface area contributed by atoms with Gasteiger partial charge in [-0.15, -0.1) is 0 Å². The van der Waals surface area contributed by atoms with Crippen molar-refractivity contribution in [3.05, 3.63) is 93.7 Å². The van der Waals surface area contributed by atoms with E-state index < -0.39 is 5.97 Å². The molecule has 0 radical (unpaired) electrons. The summed E-state index contributed by atoms with van der Waals surface area (Å²) in [6.45, 7) is 0. The zero-order valence-electron chi connectivity index (χ0n) is 13.0. The van der Waals surface area contributed by atoms with Crippen LogP contribution in [0.4, 0.5) is 4.39 Å². The van der Waals surface area contributed by atoms with Crippen molar-refractivity contribution >= 4 is 21.9 Å². The van der Waals surface area contributed by atoms with E-state index in [1.165, 1.54) is 18.2 Å². The third kappa shape index (κ3) is 4.14. The molecule has 0 aliphatic carbocycles. The number of aromatic carboxylic acids is 1. The molecule has 0 aromatic heterocycles. The van der Waals surface area contributed by atoms with Crippen LogP contribution in [0, 0.1) is 17.7 Å². The second-order valence-corrected chi connectivity index (χ2v) is 6.24. The van der Waals surface area contributed by atoms with E-state index >= 15 is 0 Å². The van der Waals surface area contributed by atoms with Crippen LogP contribution in [-0.2, 0) is 0 Å². The highest BCUT2D eigenvalue weighted by Gasteiger charge is 2.10. The van der Waals surface area contributed by atoms with Gasteiger partial charge in [-0.3, -0.25) is 0 Å². The van der Waals surface area contributed by atoms with Crippen molar-refractivity contribution in [2.24, 2.45) is 0 Å². The Bertz CT molecular complexity index is 981. The van der Waals surface area contributed by atoms with Gasteiger partial charge in [0.15, 0.2) is 0 Å². The minimum Gasteiger partial charge on any atom is -0.478 e. The second kappa shape index (κ2) is 7.33. The van der Waals surface area contributed by atoms with E-state index in [1.54, 1.807) is 24.3 Å². The minimum atomic E-state index is -1.04. The van der Waals surface area contributed by atoms with Crippen molar-refractivity contribution < 1.29 is 14.3 Å². The van der Waals surface area contributed by atoms with Crippen LogP contribution in [0.15, 0.2) is 71.2 Å². The maximum absolute atomic E-state index is 13.1. The van der Waals surface area contributed by atoms with Gasteiger partial charge in [0.2, 0.25) is 0 Å². The molecule has 0 heterocycles. The zero-order chi connectivity index (χ0) is 17.8. The van der Waals surface area contributed by atoms with Gasteiger partial charge in [0.25, 0.3) is 0 Å². The van der Waals surface area contributed by atoms with Crippen LogP contribution in [0.1, 0.15) is 21.5 Å². The normalized spacial score (nSPS) is 10.0. The molecule has 0 saturated carbocycles. The fourth-order valence-corrected chi connectivity index (χ4v) is 2.59. The average Bonchev–Trinajstić information content (AvgIpc) is 2.61. The van der Waals surface area contributed by atoms with E-state index in [0.717, 1.165) is 21.2 Å².